The third-order valence-corrected chi connectivity index (χ3v) is 4.70. The van der Waals surface area contributed by atoms with E-state index >= 15 is 0 Å². The molecule has 1 aliphatic heterocycles. The molecule has 158 valence electrons. The molecule has 0 bridgehead atoms. The first-order valence-corrected chi connectivity index (χ1v) is 10.2. The van der Waals surface area contributed by atoms with Gasteiger partial charge in [0.2, 0.25) is 0 Å². The lowest BCUT2D eigenvalue weighted by Gasteiger charge is -2.13. The van der Waals surface area contributed by atoms with Gasteiger partial charge in [-0.2, -0.15) is 0 Å². The summed E-state index contributed by atoms with van der Waals surface area (Å²) in [6.45, 7) is 8.33. The number of imide groups is 1. The van der Waals surface area contributed by atoms with Crippen molar-refractivity contribution in [3.8, 4) is 11.5 Å². The summed E-state index contributed by atoms with van der Waals surface area (Å²) in [5, 5.41) is -0.494. The lowest BCUT2D eigenvalue weighted by molar-refractivity contribution is -0.147. The van der Waals surface area contributed by atoms with Crippen LogP contribution in [0, 0.1) is 11.8 Å². The van der Waals surface area contributed by atoms with E-state index in [-0.39, 0.29) is 24.0 Å². The number of amides is 2. The molecule has 2 rings (SSSR count). The summed E-state index contributed by atoms with van der Waals surface area (Å²) in [5.74, 6) is 0.584. The number of thioether (sulfide) groups is 1. The van der Waals surface area contributed by atoms with E-state index in [0.717, 1.165) is 16.7 Å². The predicted octanol–water partition coefficient (Wildman–Crippen LogP) is 3.97. The van der Waals surface area contributed by atoms with Gasteiger partial charge in [0.05, 0.1) is 25.2 Å². The Morgan fingerprint density at radius 1 is 1.10 bits per heavy atom. The summed E-state index contributed by atoms with van der Waals surface area (Å²) in [7, 11) is 1.54. The van der Waals surface area contributed by atoms with Gasteiger partial charge in [0, 0.05) is 0 Å². The fraction of sp³-hybridized carbons (Fsp3) is 0.476. The maximum Gasteiger partial charge on any atom is 0.326 e. The minimum atomic E-state index is -0.601. The number of benzene rings is 1. The molecule has 1 aliphatic rings. The van der Waals surface area contributed by atoms with Gasteiger partial charge < -0.3 is 14.2 Å². The summed E-state index contributed by atoms with van der Waals surface area (Å²) in [5.41, 5.74) is 0.687. The zero-order valence-corrected chi connectivity index (χ0v) is 18.2. The minimum Gasteiger partial charge on any atom is -0.493 e. The van der Waals surface area contributed by atoms with Crippen LogP contribution in [0.25, 0.3) is 6.08 Å². The molecule has 1 saturated heterocycles. The average Bonchev–Trinajstić information content (AvgIpc) is 2.92. The summed E-state index contributed by atoms with van der Waals surface area (Å²) in [6.07, 6.45) is 1.60. The molecule has 0 aliphatic carbocycles. The highest BCUT2D eigenvalue weighted by molar-refractivity contribution is 8.18. The molecule has 1 aromatic rings. The van der Waals surface area contributed by atoms with Gasteiger partial charge in [-0.05, 0) is 47.4 Å². The first kappa shape index (κ1) is 22.8. The molecule has 1 fully saturated rings. The van der Waals surface area contributed by atoms with Crippen molar-refractivity contribution in [3.05, 3.63) is 28.7 Å². The molecule has 0 N–H and O–H groups in total. The van der Waals surface area contributed by atoms with Gasteiger partial charge in [0.25, 0.3) is 11.1 Å². The highest BCUT2D eigenvalue weighted by Crippen LogP contribution is 2.34. The first-order valence-electron chi connectivity index (χ1n) is 9.43. The molecule has 0 atom stereocenters. The average molecular weight is 422 g/mol. The summed E-state index contributed by atoms with van der Waals surface area (Å²) >= 11 is 0.794. The van der Waals surface area contributed by atoms with E-state index in [9.17, 15) is 14.4 Å². The number of carbonyl (C=O) groups is 3. The van der Waals surface area contributed by atoms with Crippen molar-refractivity contribution in [2.24, 2.45) is 11.8 Å². The standard InChI is InChI=1S/C21H27NO6S/c1-13(2)11-27-16-7-6-15(8-17(16)26-5)9-18-20(24)22(21(25)29-18)10-19(23)28-12-14(3)4/h6-9,13-14H,10-12H2,1-5H3/b18-9-. The summed E-state index contributed by atoms with van der Waals surface area (Å²) in [6, 6.07) is 5.28. The number of methoxy groups -OCH3 is 1. The minimum absolute atomic E-state index is 0.177. The Bertz CT molecular complexity index is 802. The van der Waals surface area contributed by atoms with Crippen LogP contribution in [0.1, 0.15) is 33.3 Å². The van der Waals surface area contributed by atoms with Gasteiger partial charge in [-0.3, -0.25) is 19.3 Å². The van der Waals surface area contributed by atoms with Crippen molar-refractivity contribution >= 4 is 35.0 Å². The Morgan fingerprint density at radius 2 is 1.79 bits per heavy atom. The zero-order chi connectivity index (χ0) is 21.6. The van der Waals surface area contributed by atoms with Crippen LogP contribution in [0.2, 0.25) is 0 Å². The monoisotopic (exact) mass is 421 g/mol. The maximum atomic E-state index is 12.5. The normalized spacial score (nSPS) is 15.6. The van der Waals surface area contributed by atoms with Crippen LogP contribution in [0.15, 0.2) is 23.1 Å². The van der Waals surface area contributed by atoms with Gasteiger partial charge >= 0.3 is 5.97 Å². The summed E-state index contributed by atoms with van der Waals surface area (Å²) in [4.78, 5) is 37.7. The van der Waals surface area contributed by atoms with E-state index in [1.807, 2.05) is 13.8 Å². The highest BCUT2D eigenvalue weighted by atomic mass is 32.2. The molecule has 1 heterocycles. The fourth-order valence-corrected chi connectivity index (χ4v) is 3.21. The molecule has 29 heavy (non-hydrogen) atoms. The molecular weight excluding hydrogens is 394 g/mol. The van der Waals surface area contributed by atoms with Crippen molar-refractivity contribution in [1.82, 2.24) is 4.90 Å². The molecule has 0 spiro atoms. The number of hydrogen-bond donors (Lipinski definition) is 0. The predicted molar refractivity (Wildman–Crippen MR) is 112 cm³/mol. The third kappa shape index (κ3) is 6.52. The van der Waals surface area contributed by atoms with E-state index in [2.05, 4.69) is 13.8 Å². The van der Waals surface area contributed by atoms with Gasteiger partial charge in [0.1, 0.15) is 6.54 Å². The molecule has 0 saturated carbocycles. The van der Waals surface area contributed by atoms with Crippen LogP contribution in [-0.2, 0) is 14.3 Å². The van der Waals surface area contributed by atoms with E-state index in [0.29, 0.717) is 29.6 Å². The molecule has 0 unspecified atom stereocenters. The van der Waals surface area contributed by atoms with Gasteiger partial charge in [-0.25, -0.2) is 0 Å². The van der Waals surface area contributed by atoms with Gasteiger partial charge in [-0.1, -0.05) is 33.8 Å². The second-order valence-electron chi connectivity index (χ2n) is 7.46. The number of carbonyl (C=O) groups excluding carboxylic acids is 3. The van der Waals surface area contributed by atoms with Gasteiger partial charge in [0.15, 0.2) is 11.5 Å². The van der Waals surface area contributed by atoms with Crippen LogP contribution in [-0.4, -0.2) is 48.9 Å². The molecule has 8 heteroatoms. The summed E-state index contributed by atoms with van der Waals surface area (Å²) < 4.78 is 16.1. The van der Waals surface area contributed by atoms with E-state index in [1.165, 1.54) is 7.11 Å². The van der Waals surface area contributed by atoms with Crippen LogP contribution >= 0.6 is 11.8 Å². The van der Waals surface area contributed by atoms with Crippen molar-refractivity contribution in [2.45, 2.75) is 27.7 Å². The second kappa shape index (κ2) is 10.3. The number of esters is 1. The Morgan fingerprint density at radius 3 is 2.41 bits per heavy atom. The Labute approximate surface area is 175 Å². The number of nitrogens with zero attached hydrogens (tertiary/aromatic N) is 1. The first-order chi connectivity index (χ1) is 13.7. The molecule has 7 nitrogen and oxygen atoms in total. The molecule has 0 aromatic heterocycles. The lowest BCUT2D eigenvalue weighted by atomic mass is 10.1. The van der Waals surface area contributed by atoms with Crippen LogP contribution < -0.4 is 9.47 Å². The van der Waals surface area contributed by atoms with E-state index in [1.54, 1.807) is 24.3 Å². The molecular formula is C21H27NO6S. The SMILES string of the molecule is COc1cc(/C=C2\SC(=O)N(CC(=O)OCC(C)C)C2=O)ccc1OCC(C)C. The number of rotatable bonds is 9. The topological polar surface area (TPSA) is 82.1 Å². The largest absolute Gasteiger partial charge is 0.493 e. The van der Waals surface area contributed by atoms with Crippen LogP contribution in [0.3, 0.4) is 0 Å². The quantitative estimate of drug-likeness (QED) is 0.441. The van der Waals surface area contributed by atoms with Crippen molar-refractivity contribution in [2.75, 3.05) is 26.9 Å². The molecule has 0 radical (unpaired) electrons. The van der Waals surface area contributed by atoms with Gasteiger partial charge in [-0.15, -0.1) is 0 Å². The number of hydrogen-bond acceptors (Lipinski definition) is 7. The Balaban J connectivity index is 2.11. The van der Waals surface area contributed by atoms with Crippen molar-refractivity contribution < 1.29 is 28.6 Å². The highest BCUT2D eigenvalue weighted by Gasteiger charge is 2.36. The van der Waals surface area contributed by atoms with Crippen LogP contribution in [0.4, 0.5) is 4.79 Å². The Kier molecular flexibility index (Phi) is 8.13. The maximum absolute atomic E-state index is 12.5. The van der Waals surface area contributed by atoms with E-state index in [4.69, 9.17) is 14.2 Å². The Hall–Kier alpha value is -2.48. The van der Waals surface area contributed by atoms with Crippen LogP contribution in [0.5, 0.6) is 11.5 Å². The molecule has 2 amide bonds. The lowest BCUT2D eigenvalue weighted by Crippen LogP contribution is -2.34. The fourth-order valence-electron chi connectivity index (χ4n) is 2.37. The zero-order valence-electron chi connectivity index (χ0n) is 17.4. The number of ether oxygens (including phenoxy) is 3. The second-order valence-corrected chi connectivity index (χ2v) is 8.45. The smallest absolute Gasteiger partial charge is 0.326 e. The molecule has 1 aromatic carbocycles. The third-order valence-electron chi connectivity index (χ3n) is 3.80. The van der Waals surface area contributed by atoms with E-state index < -0.39 is 17.1 Å². The van der Waals surface area contributed by atoms with Crippen molar-refractivity contribution in [1.29, 1.82) is 0 Å². The van der Waals surface area contributed by atoms with Crippen molar-refractivity contribution in [3.63, 3.8) is 0 Å².